The van der Waals surface area contributed by atoms with E-state index in [0.717, 1.165) is 30.7 Å². The Morgan fingerprint density at radius 2 is 2.12 bits per heavy atom. The molecule has 1 atom stereocenters. The highest BCUT2D eigenvalue weighted by Gasteiger charge is 2.21. The van der Waals surface area contributed by atoms with Crippen LogP contribution in [-0.4, -0.2) is 16.8 Å². The minimum absolute atomic E-state index is 0.0388. The lowest BCUT2D eigenvalue weighted by atomic mass is 10.0. The number of ketones is 1. The molecular formula is C13H14F2OS. The molecular weight excluding hydrogens is 242 g/mol. The van der Waals surface area contributed by atoms with Gasteiger partial charge in [-0.15, -0.1) is 0 Å². The van der Waals surface area contributed by atoms with E-state index in [2.05, 4.69) is 0 Å². The first-order valence-electron chi connectivity index (χ1n) is 5.75. The zero-order chi connectivity index (χ0) is 12.3. The van der Waals surface area contributed by atoms with Gasteiger partial charge in [-0.2, -0.15) is 11.8 Å². The molecule has 1 fully saturated rings. The first kappa shape index (κ1) is 12.6. The maximum atomic E-state index is 13.0. The third kappa shape index (κ3) is 3.28. The summed E-state index contributed by atoms with van der Waals surface area (Å²) >= 11 is 1.68. The number of Topliss-reactive ketones (excluding diaryl/α,β-unsaturated/α-hetero) is 1. The highest BCUT2D eigenvalue weighted by molar-refractivity contribution is 8.00. The monoisotopic (exact) mass is 256 g/mol. The first-order chi connectivity index (χ1) is 8.16. The number of hydrogen-bond acceptors (Lipinski definition) is 2. The maximum Gasteiger partial charge on any atom is 0.159 e. The summed E-state index contributed by atoms with van der Waals surface area (Å²) in [5.41, 5.74) is 0.556. The van der Waals surface area contributed by atoms with Crippen LogP contribution in [0.3, 0.4) is 0 Å². The Balaban J connectivity index is 1.99. The molecule has 0 bridgehead atoms. The maximum absolute atomic E-state index is 13.0. The molecule has 92 valence electrons. The standard InChI is InChI=1S/C13H14F2OS/c14-10-5-4-9(7-11(10)15)8-12(16)13-3-1-2-6-17-13/h4-5,7,13H,1-3,6,8H2. The highest BCUT2D eigenvalue weighted by atomic mass is 32.2. The smallest absolute Gasteiger partial charge is 0.159 e. The average Bonchev–Trinajstić information content (AvgIpc) is 2.35. The van der Waals surface area contributed by atoms with Crippen molar-refractivity contribution < 1.29 is 13.6 Å². The van der Waals surface area contributed by atoms with Gasteiger partial charge < -0.3 is 0 Å². The fraction of sp³-hybridized carbons (Fsp3) is 0.462. The second kappa shape index (κ2) is 5.63. The molecule has 17 heavy (non-hydrogen) atoms. The van der Waals surface area contributed by atoms with E-state index >= 15 is 0 Å². The summed E-state index contributed by atoms with van der Waals surface area (Å²) in [4.78, 5) is 11.9. The van der Waals surface area contributed by atoms with Crippen molar-refractivity contribution >= 4 is 17.5 Å². The number of carbonyl (C=O) groups is 1. The Labute approximate surface area is 104 Å². The fourth-order valence-corrected chi connectivity index (χ4v) is 3.22. The highest BCUT2D eigenvalue weighted by Crippen LogP contribution is 2.26. The second-order valence-corrected chi connectivity index (χ2v) is 5.56. The fourth-order valence-electron chi connectivity index (χ4n) is 1.96. The lowest BCUT2D eigenvalue weighted by Crippen LogP contribution is -2.22. The van der Waals surface area contributed by atoms with E-state index in [1.165, 1.54) is 12.5 Å². The predicted octanol–water partition coefficient (Wildman–Crippen LogP) is 3.36. The number of rotatable bonds is 3. The SMILES string of the molecule is O=C(Cc1ccc(F)c(F)c1)C1CCCCS1. The Morgan fingerprint density at radius 3 is 2.76 bits per heavy atom. The van der Waals surface area contributed by atoms with Crippen LogP contribution >= 0.6 is 11.8 Å². The van der Waals surface area contributed by atoms with Gasteiger partial charge in [-0.3, -0.25) is 4.79 Å². The molecule has 0 N–H and O–H groups in total. The minimum atomic E-state index is -0.883. The Bertz CT molecular complexity index is 414. The van der Waals surface area contributed by atoms with Gasteiger partial charge in [-0.25, -0.2) is 8.78 Å². The molecule has 0 aliphatic carbocycles. The summed E-state index contributed by atoms with van der Waals surface area (Å²) in [5, 5.41) is 0.0388. The van der Waals surface area contributed by atoms with Gasteiger partial charge in [0.25, 0.3) is 0 Å². The van der Waals surface area contributed by atoms with E-state index in [-0.39, 0.29) is 17.5 Å². The number of benzene rings is 1. The topological polar surface area (TPSA) is 17.1 Å². The van der Waals surface area contributed by atoms with E-state index in [9.17, 15) is 13.6 Å². The van der Waals surface area contributed by atoms with E-state index in [4.69, 9.17) is 0 Å². The molecule has 1 saturated heterocycles. The third-order valence-corrected chi connectivity index (χ3v) is 4.33. The lowest BCUT2D eigenvalue weighted by Gasteiger charge is -2.19. The van der Waals surface area contributed by atoms with E-state index in [1.54, 1.807) is 11.8 Å². The second-order valence-electron chi connectivity index (χ2n) is 4.25. The molecule has 1 aliphatic heterocycles. The Hall–Kier alpha value is -0.900. The van der Waals surface area contributed by atoms with Crippen molar-refractivity contribution in [1.29, 1.82) is 0 Å². The van der Waals surface area contributed by atoms with Crippen LogP contribution in [0.5, 0.6) is 0 Å². The molecule has 1 aliphatic rings. The summed E-state index contributed by atoms with van der Waals surface area (Å²) in [6.07, 6.45) is 3.36. The molecule has 1 aromatic rings. The van der Waals surface area contributed by atoms with Crippen molar-refractivity contribution in [2.75, 3.05) is 5.75 Å². The van der Waals surface area contributed by atoms with Gasteiger partial charge in [-0.05, 0) is 36.3 Å². The molecule has 1 heterocycles. The van der Waals surface area contributed by atoms with Crippen LogP contribution in [0, 0.1) is 11.6 Å². The molecule has 4 heteroatoms. The van der Waals surface area contributed by atoms with E-state index in [0.29, 0.717) is 5.56 Å². The summed E-state index contributed by atoms with van der Waals surface area (Å²) < 4.78 is 25.7. The van der Waals surface area contributed by atoms with Crippen molar-refractivity contribution in [1.82, 2.24) is 0 Å². The predicted molar refractivity (Wildman–Crippen MR) is 65.2 cm³/mol. The molecule has 1 aromatic carbocycles. The first-order valence-corrected chi connectivity index (χ1v) is 6.80. The van der Waals surface area contributed by atoms with Gasteiger partial charge in [0, 0.05) is 6.42 Å². The lowest BCUT2D eigenvalue weighted by molar-refractivity contribution is -0.118. The summed E-state index contributed by atoms with van der Waals surface area (Å²) in [5.74, 6) is -0.602. The van der Waals surface area contributed by atoms with Gasteiger partial charge in [0.1, 0.15) is 5.78 Å². The summed E-state index contributed by atoms with van der Waals surface area (Å²) in [6, 6.07) is 3.66. The van der Waals surface area contributed by atoms with Crippen molar-refractivity contribution in [2.24, 2.45) is 0 Å². The van der Waals surface area contributed by atoms with Gasteiger partial charge in [-0.1, -0.05) is 12.5 Å². The quantitative estimate of drug-likeness (QED) is 0.825. The third-order valence-electron chi connectivity index (χ3n) is 2.90. The molecule has 0 aromatic heterocycles. The van der Waals surface area contributed by atoms with Crippen molar-refractivity contribution in [3.8, 4) is 0 Å². The van der Waals surface area contributed by atoms with Crippen LogP contribution in [0.15, 0.2) is 18.2 Å². The molecule has 0 spiro atoms. The van der Waals surface area contributed by atoms with E-state index in [1.807, 2.05) is 0 Å². The van der Waals surface area contributed by atoms with Crippen LogP contribution in [0.4, 0.5) is 8.78 Å². The van der Waals surface area contributed by atoms with Crippen molar-refractivity contribution in [2.45, 2.75) is 30.9 Å². The van der Waals surface area contributed by atoms with E-state index < -0.39 is 11.6 Å². The molecule has 0 radical (unpaired) electrons. The van der Waals surface area contributed by atoms with Crippen LogP contribution < -0.4 is 0 Å². The van der Waals surface area contributed by atoms with Crippen LogP contribution in [0.1, 0.15) is 24.8 Å². The largest absolute Gasteiger partial charge is 0.298 e. The molecule has 1 nitrogen and oxygen atoms in total. The molecule has 1 unspecified atom stereocenters. The number of halogens is 2. The number of carbonyl (C=O) groups excluding carboxylic acids is 1. The Kier molecular flexibility index (Phi) is 4.15. The zero-order valence-electron chi connectivity index (χ0n) is 9.42. The van der Waals surface area contributed by atoms with Crippen LogP contribution in [0.25, 0.3) is 0 Å². The average molecular weight is 256 g/mol. The summed E-state index contributed by atoms with van der Waals surface area (Å²) in [6.45, 7) is 0. The van der Waals surface area contributed by atoms with Gasteiger partial charge in [0.15, 0.2) is 11.6 Å². The number of thioether (sulfide) groups is 1. The molecule has 2 rings (SSSR count). The van der Waals surface area contributed by atoms with Crippen LogP contribution in [0.2, 0.25) is 0 Å². The van der Waals surface area contributed by atoms with Crippen molar-refractivity contribution in [3.05, 3.63) is 35.4 Å². The van der Waals surface area contributed by atoms with Gasteiger partial charge in [0.05, 0.1) is 5.25 Å². The summed E-state index contributed by atoms with van der Waals surface area (Å²) in [7, 11) is 0. The van der Waals surface area contributed by atoms with Gasteiger partial charge in [0.2, 0.25) is 0 Å². The molecule has 0 saturated carbocycles. The minimum Gasteiger partial charge on any atom is -0.298 e. The zero-order valence-corrected chi connectivity index (χ0v) is 10.2. The van der Waals surface area contributed by atoms with Crippen LogP contribution in [-0.2, 0) is 11.2 Å². The Morgan fingerprint density at radius 1 is 1.29 bits per heavy atom. The molecule has 0 amide bonds. The van der Waals surface area contributed by atoms with Crippen molar-refractivity contribution in [3.63, 3.8) is 0 Å². The normalized spacial score (nSPS) is 20.2. The van der Waals surface area contributed by atoms with Gasteiger partial charge >= 0.3 is 0 Å². The number of hydrogen-bond donors (Lipinski definition) is 0.